The maximum absolute atomic E-state index is 13.1. The molecule has 1 N–H and O–H groups in total. The highest BCUT2D eigenvalue weighted by Crippen LogP contribution is 2.48. The Hall–Kier alpha value is -6.02. The van der Waals surface area contributed by atoms with E-state index in [0.717, 1.165) is 57.8 Å². The molecule has 2 aliphatic rings. The summed E-state index contributed by atoms with van der Waals surface area (Å²) in [6.45, 7) is 7.10. The van der Waals surface area contributed by atoms with Crippen molar-refractivity contribution in [2.45, 2.75) is 58.7 Å². The number of pyridine rings is 1. The minimum Gasteiger partial charge on any atom is -0.497 e. The Morgan fingerprint density at radius 1 is 0.969 bits per heavy atom. The average molecular weight is 903 g/mol. The summed E-state index contributed by atoms with van der Waals surface area (Å²) >= 11 is 8.48. The van der Waals surface area contributed by atoms with E-state index in [2.05, 4.69) is 23.9 Å². The molecule has 12 nitrogen and oxygen atoms in total. The van der Waals surface area contributed by atoms with Gasteiger partial charge in [-0.2, -0.15) is 4.37 Å². The van der Waals surface area contributed by atoms with Gasteiger partial charge >= 0.3 is 5.97 Å². The van der Waals surface area contributed by atoms with E-state index in [1.54, 1.807) is 32.7 Å². The number of likely N-dealkylation sites (tertiary alicyclic amines) is 1. The summed E-state index contributed by atoms with van der Waals surface area (Å²) in [6.07, 6.45) is 6.07. The molecule has 3 aromatic carbocycles. The third-order valence-corrected chi connectivity index (χ3v) is 13.3. The number of carboxylic acids is 1. The molecule has 3 aromatic heterocycles. The van der Waals surface area contributed by atoms with Crippen LogP contribution in [0.15, 0.2) is 108 Å². The van der Waals surface area contributed by atoms with Gasteiger partial charge in [0, 0.05) is 35.9 Å². The lowest BCUT2D eigenvalue weighted by Gasteiger charge is -2.31. The summed E-state index contributed by atoms with van der Waals surface area (Å²) in [4.78, 5) is 29.7. The van der Waals surface area contributed by atoms with Gasteiger partial charge in [-0.1, -0.05) is 61.0 Å². The van der Waals surface area contributed by atoms with Gasteiger partial charge in [0.25, 0.3) is 0 Å². The zero-order chi connectivity index (χ0) is 44.7. The highest BCUT2D eigenvalue weighted by atomic mass is 35.5. The first-order chi connectivity index (χ1) is 31.1. The molecule has 0 bridgehead atoms. The maximum Gasteiger partial charge on any atom is 0.345 e. The molecule has 14 heteroatoms. The zero-order valence-electron chi connectivity index (χ0n) is 36.7. The van der Waals surface area contributed by atoms with Crippen molar-refractivity contribution >= 4 is 44.8 Å². The zero-order valence-corrected chi connectivity index (χ0v) is 38.2. The topological polar surface area (TPSA) is 138 Å². The van der Waals surface area contributed by atoms with Crippen LogP contribution in [0, 0.1) is 11.8 Å². The number of allylic oxidation sites excluding steroid dienone is 4. The van der Waals surface area contributed by atoms with Gasteiger partial charge in [0.1, 0.15) is 29.6 Å². The van der Waals surface area contributed by atoms with Gasteiger partial charge in [0.05, 0.1) is 52.9 Å². The number of piperidine rings is 1. The number of benzene rings is 3. The molecular weight excluding hydrogens is 850 g/mol. The number of aromatic nitrogens is 4. The number of carbonyl (C=O) groups is 1. The lowest BCUT2D eigenvalue weighted by Crippen LogP contribution is -2.30. The molecule has 4 heterocycles. The summed E-state index contributed by atoms with van der Waals surface area (Å²) in [5.41, 5.74) is 6.16. The molecule has 0 spiro atoms. The van der Waals surface area contributed by atoms with Crippen LogP contribution in [0.2, 0.25) is 0 Å². The molecule has 64 heavy (non-hydrogen) atoms. The van der Waals surface area contributed by atoms with Crippen molar-refractivity contribution in [2.75, 3.05) is 41.0 Å². The van der Waals surface area contributed by atoms with E-state index < -0.39 is 12.1 Å². The SMILES string of the molecule is COc1cccc(-c2ncc3snc(O[C@H](Cc4ccccc4OCc4ccnc(-c5ccccc5OC)n4)C(=O)O)c3c2C2=C(C)C(Cl)=C(OCCC3CCN(C)CC3)C(C)C2)c1. The number of aliphatic carboxylic acids is 1. The van der Waals surface area contributed by atoms with E-state index in [1.807, 2.05) is 79.7 Å². The predicted octanol–water partition coefficient (Wildman–Crippen LogP) is 10.5. The second-order valence-electron chi connectivity index (χ2n) is 16.3. The number of carboxylic acid groups (broad SMARTS) is 1. The van der Waals surface area contributed by atoms with Crippen molar-refractivity contribution in [1.82, 2.24) is 24.2 Å². The summed E-state index contributed by atoms with van der Waals surface area (Å²) in [5, 5.41) is 12.0. The predicted molar refractivity (Wildman–Crippen MR) is 250 cm³/mol. The van der Waals surface area contributed by atoms with Crippen LogP contribution in [-0.2, 0) is 22.6 Å². The monoisotopic (exact) mass is 901 g/mol. The number of para-hydroxylation sites is 2. The lowest BCUT2D eigenvalue weighted by molar-refractivity contribution is -0.145. The molecular formula is C50H52ClN5O7S. The molecule has 1 aliphatic carbocycles. The summed E-state index contributed by atoms with van der Waals surface area (Å²) < 4.78 is 35.9. The highest BCUT2D eigenvalue weighted by Gasteiger charge is 2.32. The summed E-state index contributed by atoms with van der Waals surface area (Å²) in [7, 11) is 5.41. The molecule has 8 rings (SSSR count). The highest BCUT2D eigenvalue weighted by molar-refractivity contribution is 7.13. The van der Waals surface area contributed by atoms with Gasteiger partial charge in [-0.05, 0) is 123 Å². The Kier molecular flexibility index (Phi) is 14.1. The van der Waals surface area contributed by atoms with Crippen molar-refractivity contribution in [3.63, 3.8) is 0 Å². The quantitative estimate of drug-likeness (QED) is 0.0932. The van der Waals surface area contributed by atoms with Crippen LogP contribution in [0.25, 0.3) is 38.3 Å². The van der Waals surface area contributed by atoms with E-state index in [1.165, 1.54) is 24.4 Å². The summed E-state index contributed by atoms with van der Waals surface area (Å²) in [5.74, 6) is 2.79. The van der Waals surface area contributed by atoms with Crippen LogP contribution in [0.5, 0.6) is 23.1 Å². The Balaban J connectivity index is 1.10. The molecule has 0 saturated carbocycles. The van der Waals surface area contributed by atoms with Crippen molar-refractivity contribution in [2.24, 2.45) is 11.8 Å². The van der Waals surface area contributed by atoms with Crippen molar-refractivity contribution in [1.29, 1.82) is 0 Å². The van der Waals surface area contributed by atoms with E-state index in [9.17, 15) is 9.90 Å². The number of rotatable bonds is 17. The van der Waals surface area contributed by atoms with Gasteiger partial charge in [-0.3, -0.25) is 4.98 Å². The first-order valence-corrected chi connectivity index (χ1v) is 22.7. The first-order valence-electron chi connectivity index (χ1n) is 21.5. The standard InChI is InChI=1S/C50H52ClN5O7S/c1-30-25-38(31(2)45(51)47(30)61-24-20-32-18-22-56(3)23-19-32)43-44-42(28-53-46(43)34-12-10-13-36(26-34)59-4)64-55-49(44)63-41(50(57)58)27-33-11-6-8-15-39(33)62-29-35-17-21-52-48(54-35)37-14-7-9-16-40(37)60-5/h6-17,21,26,28,30,32,41H,18-20,22-25,27,29H2,1-5H3,(H,57,58)/t30?,41-/m1/s1. The van der Waals surface area contributed by atoms with Crippen molar-refractivity contribution in [3.05, 3.63) is 124 Å². The van der Waals surface area contributed by atoms with Crippen LogP contribution in [0.1, 0.15) is 56.4 Å². The molecule has 1 fully saturated rings. The number of methoxy groups -OCH3 is 2. The fourth-order valence-corrected chi connectivity index (χ4v) is 9.51. The molecule has 1 aliphatic heterocycles. The van der Waals surface area contributed by atoms with Crippen molar-refractivity contribution in [3.8, 4) is 45.8 Å². The smallest absolute Gasteiger partial charge is 0.345 e. The van der Waals surface area contributed by atoms with Crippen molar-refractivity contribution < 1.29 is 33.6 Å². The van der Waals surface area contributed by atoms with Crippen LogP contribution >= 0.6 is 23.1 Å². The number of nitrogens with zero attached hydrogens (tertiary/aromatic N) is 5. The van der Waals surface area contributed by atoms with Gasteiger partial charge in [-0.15, -0.1) is 0 Å². The van der Waals surface area contributed by atoms with Gasteiger partial charge < -0.3 is 33.7 Å². The third kappa shape index (κ3) is 9.86. The number of fused-ring (bicyclic) bond motifs is 1. The lowest BCUT2D eigenvalue weighted by atomic mass is 9.83. The number of ether oxygens (including phenoxy) is 5. The Morgan fingerprint density at radius 2 is 1.75 bits per heavy atom. The Morgan fingerprint density at radius 3 is 2.53 bits per heavy atom. The van der Waals surface area contributed by atoms with Gasteiger partial charge in [0.2, 0.25) is 12.0 Å². The van der Waals surface area contributed by atoms with E-state index in [0.29, 0.717) is 69.4 Å². The maximum atomic E-state index is 13.1. The fourth-order valence-electron chi connectivity index (χ4n) is 8.46. The molecule has 332 valence electrons. The van der Waals surface area contributed by atoms with E-state index in [4.69, 9.17) is 49.6 Å². The van der Waals surface area contributed by atoms with Crippen LogP contribution in [0.3, 0.4) is 0 Å². The molecule has 2 atom stereocenters. The molecule has 0 amide bonds. The minimum atomic E-state index is -1.32. The van der Waals surface area contributed by atoms with E-state index in [-0.39, 0.29) is 24.8 Å². The first kappa shape index (κ1) is 44.6. The second-order valence-corrected chi connectivity index (χ2v) is 17.5. The Labute approximate surface area is 382 Å². The normalized spacial score (nSPS) is 16.5. The third-order valence-electron chi connectivity index (χ3n) is 12.1. The molecule has 6 aromatic rings. The Bertz CT molecular complexity index is 2690. The van der Waals surface area contributed by atoms with E-state index >= 15 is 0 Å². The van der Waals surface area contributed by atoms with Gasteiger partial charge in [0.15, 0.2) is 5.82 Å². The fraction of sp³-hybridized carbons (Fsp3) is 0.340. The number of halogens is 1. The molecule has 1 saturated heterocycles. The van der Waals surface area contributed by atoms with Crippen LogP contribution < -0.4 is 18.9 Å². The number of hydrogen-bond acceptors (Lipinski definition) is 12. The largest absolute Gasteiger partial charge is 0.497 e. The minimum absolute atomic E-state index is 0.00446. The van der Waals surface area contributed by atoms with Crippen LogP contribution in [-0.4, -0.2) is 82.4 Å². The number of hydrogen-bond donors (Lipinski definition) is 1. The second kappa shape index (κ2) is 20.2. The molecule has 0 radical (unpaired) electrons. The average Bonchev–Trinajstić information content (AvgIpc) is 3.73. The van der Waals surface area contributed by atoms with Gasteiger partial charge in [-0.25, -0.2) is 14.8 Å². The molecule has 1 unspecified atom stereocenters. The van der Waals surface area contributed by atoms with Crippen LogP contribution in [0.4, 0.5) is 0 Å². The summed E-state index contributed by atoms with van der Waals surface area (Å²) in [6, 6.07) is 24.4.